The Morgan fingerprint density at radius 3 is 2.68 bits per heavy atom. The van der Waals surface area contributed by atoms with Gasteiger partial charge in [0.25, 0.3) is 0 Å². The molecule has 0 N–H and O–H groups in total. The number of nitrogens with zero attached hydrogens (tertiary/aromatic N) is 2. The predicted molar refractivity (Wildman–Crippen MR) is 72.0 cm³/mol. The van der Waals surface area contributed by atoms with Crippen LogP contribution in [0.3, 0.4) is 0 Å². The molecule has 1 rings (SSSR count). The van der Waals surface area contributed by atoms with Crippen molar-refractivity contribution in [1.82, 2.24) is 0 Å². The molecule has 0 saturated heterocycles. The quantitative estimate of drug-likeness (QED) is 0.564. The third kappa shape index (κ3) is 4.17. The van der Waals surface area contributed by atoms with Crippen LogP contribution in [-0.4, -0.2) is 31.7 Å². The van der Waals surface area contributed by atoms with Gasteiger partial charge >= 0.3 is 5.69 Å². The summed E-state index contributed by atoms with van der Waals surface area (Å²) >= 11 is 0. The highest BCUT2D eigenvalue weighted by atomic mass is 19.1. The van der Waals surface area contributed by atoms with Crippen molar-refractivity contribution in [2.24, 2.45) is 5.92 Å². The number of anilines is 1. The van der Waals surface area contributed by atoms with Crippen molar-refractivity contribution in [3.63, 3.8) is 0 Å². The Bertz CT molecular complexity index is 438. The minimum absolute atomic E-state index is 0.302. The van der Waals surface area contributed by atoms with Gasteiger partial charge in [-0.15, -0.1) is 0 Å². The molecule has 1 aromatic carbocycles. The van der Waals surface area contributed by atoms with Gasteiger partial charge in [-0.25, -0.2) is 0 Å². The number of nitro groups is 1. The first kappa shape index (κ1) is 15.4. The molecule has 0 aliphatic heterocycles. The monoisotopic (exact) mass is 270 g/mol. The van der Waals surface area contributed by atoms with Crippen molar-refractivity contribution >= 4 is 11.4 Å². The zero-order chi connectivity index (χ0) is 14.4. The van der Waals surface area contributed by atoms with Crippen LogP contribution in [0.1, 0.15) is 13.8 Å². The van der Waals surface area contributed by atoms with Crippen LogP contribution in [0.25, 0.3) is 0 Å². The second kappa shape index (κ2) is 7.04. The molecule has 0 unspecified atom stereocenters. The summed E-state index contributed by atoms with van der Waals surface area (Å²) in [5, 5.41) is 11.0. The smallest absolute Gasteiger partial charge is 0.327 e. The maximum Gasteiger partial charge on any atom is 0.327 e. The van der Waals surface area contributed by atoms with Gasteiger partial charge in [-0.05, 0) is 18.1 Å². The van der Waals surface area contributed by atoms with E-state index in [1.165, 1.54) is 6.07 Å². The molecule has 0 fully saturated rings. The summed E-state index contributed by atoms with van der Waals surface area (Å²) in [7, 11) is 1.56. The third-order valence-corrected chi connectivity index (χ3v) is 2.64. The Morgan fingerprint density at radius 1 is 1.47 bits per heavy atom. The van der Waals surface area contributed by atoms with Crippen LogP contribution in [0.2, 0.25) is 0 Å². The van der Waals surface area contributed by atoms with Crippen LogP contribution < -0.4 is 4.90 Å². The highest BCUT2D eigenvalue weighted by Gasteiger charge is 2.24. The third-order valence-electron chi connectivity index (χ3n) is 2.64. The van der Waals surface area contributed by atoms with Crippen LogP contribution in [0, 0.1) is 21.8 Å². The van der Waals surface area contributed by atoms with E-state index >= 15 is 0 Å². The Kier molecular flexibility index (Phi) is 5.69. The van der Waals surface area contributed by atoms with E-state index in [-0.39, 0.29) is 0 Å². The van der Waals surface area contributed by atoms with Crippen molar-refractivity contribution in [3.05, 3.63) is 34.1 Å². The summed E-state index contributed by atoms with van der Waals surface area (Å²) in [5.41, 5.74) is -0.171. The van der Waals surface area contributed by atoms with E-state index in [9.17, 15) is 14.5 Å². The van der Waals surface area contributed by atoms with Crippen molar-refractivity contribution < 1.29 is 14.1 Å². The van der Waals surface area contributed by atoms with Gasteiger partial charge in [0.15, 0.2) is 0 Å². The Morgan fingerprint density at radius 2 is 2.16 bits per heavy atom. The normalized spacial score (nSPS) is 10.8. The molecule has 106 valence electrons. The highest BCUT2D eigenvalue weighted by molar-refractivity contribution is 5.63. The summed E-state index contributed by atoms with van der Waals surface area (Å²) < 4.78 is 18.6. The van der Waals surface area contributed by atoms with Gasteiger partial charge < -0.3 is 9.64 Å². The topological polar surface area (TPSA) is 55.6 Å². The standard InChI is InChI=1S/C13H19FN2O3/c1-10(2)9-15(7-8-19-3)12-6-4-5-11(14)13(12)16(17)18/h4-6,10H,7-9H2,1-3H3. The Balaban J connectivity index is 3.13. The van der Waals surface area contributed by atoms with Crippen molar-refractivity contribution in [1.29, 1.82) is 0 Å². The number of methoxy groups -OCH3 is 1. The highest BCUT2D eigenvalue weighted by Crippen LogP contribution is 2.31. The fourth-order valence-electron chi connectivity index (χ4n) is 1.89. The average molecular weight is 270 g/mol. The summed E-state index contributed by atoms with van der Waals surface area (Å²) in [4.78, 5) is 12.1. The van der Waals surface area contributed by atoms with Crippen molar-refractivity contribution in [3.8, 4) is 0 Å². The maximum atomic E-state index is 13.6. The number of halogens is 1. The van der Waals surface area contributed by atoms with Crippen LogP contribution in [0.4, 0.5) is 15.8 Å². The molecule has 0 heterocycles. The number of para-hydroxylation sites is 1. The number of rotatable bonds is 7. The van der Waals surface area contributed by atoms with Crippen LogP contribution in [0.5, 0.6) is 0 Å². The molecule has 0 atom stereocenters. The fourth-order valence-corrected chi connectivity index (χ4v) is 1.89. The van der Waals surface area contributed by atoms with Gasteiger partial charge in [0.05, 0.1) is 11.5 Å². The second-order valence-corrected chi connectivity index (χ2v) is 4.70. The second-order valence-electron chi connectivity index (χ2n) is 4.70. The van der Waals surface area contributed by atoms with E-state index in [2.05, 4.69) is 0 Å². The molecular weight excluding hydrogens is 251 g/mol. The van der Waals surface area contributed by atoms with Gasteiger partial charge in [0.1, 0.15) is 5.69 Å². The Labute approximate surface area is 112 Å². The molecule has 0 spiro atoms. The molecule has 0 radical (unpaired) electrons. The van der Waals surface area contributed by atoms with Crippen molar-refractivity contribution in [2.45, 2.75) is 13.8 Å². The molecule has 0 aliphatic rings. The summed E-state index contributed by atoms with van der Waals surface area (Å²) in [6.07, 6.45) is 0. The van der Waals surface area contributed by atoms with Crippen LogP contribution in [-0.2, 0) is 4.74 Å². The number of nitro benzene ring substituents is 1. The molecule has 0 aromatic heterocycles. The van der Waals surface area contributed by atoms with Crippen molar-refractivity contribution in [2.75, 3.05) is 31.7 Å². The largest absolute Gasteiger partial charge is 0.383 e. The van der Waals surface area contributed by atoms with E-state index in [0.717, 1.165) is 6.07 Å². The lowest BCUT2D eigenvalue weighted by molar-refractivity contribution is -0.386. The Hall–Kier alpha value is -1.69. The summed E-state index contributed by atoms with van der Waals surface area (Å²) in [6.45, 7) is 5.53. The minimum Gasteiger partial charge on any atom is -0.383 e. The molecule has 19 heavy (non-hydrogen) atoms. The first-order valence-corrected chi connectivity index (χ1v) is 6.14. The zero-order valence-electron chi connectivity index (χ0n) is 11.4. The molecule has 1 aromatic rings. The molecule has 0 saturated carbocycles. The molecule has 6 heteroatoms. The van der Waals surface area contributed by atoms with Gasteiger partial charge in [-0.1, -0.05) is 19.9 Å². The van der Waals surface area contributed by atoms with Gasteiger partial charge in [-0.3, -0.25) is 10.1 Å². The maximum absolute atomic E-state index is 13.6. The lowest BCUT2D eigenvalue weighted by atomic mass is 10.1. The number of ether oxygens (including phenoxy) is 1. The molecule has 5 nitrogen and oxygen atoms in total. The molecule has 0 aliphatic carbocycles. The van der Waals surface area contributed by atoms with E-state index in [0.29, 0.717) is 31.3 Å². The van der Waals surface area contributed by atoms with E-state index in [1.54, 1.807) is 18.1 Å². The molecule has 0 bridgehead atoms. The minimum atomic E-state index is -0.811. The summed E-state index contributed by atoms with van der Waals surface area (Å²) in [6, 6.07) is 4.16. The average Bonchev–Trinajstić information content (AvgIpc) is 2.33. The zero-order valence-corrected chi connectivity index (χ0v) is 11.4. The number of hydrogen-bond donors (Lipinski definition) is 0. The van der Waals surface area contributed by atoms with E-state index < -0.39 is 16.4 Å². The SMILES string of the molecule is COCCN(CC(C)C)c1cccc(F)c1[N+](=O)[O-]. The van der Waals surface area contributed by atoms with E-state index in [4.69, 9.17) is 4.74 Å². The number of hydrogen-bond acceptors (Lipinski definition) is 4. The van der Waals surface area contributed by atoms with Gasteiger partial charge in [0.2, 0.25) is 5.82 Å². The fraction of sp³-hybridized carbons (Fsp3) is 0.538. The predicted octanol–water partition coefficient (Wildman–Crippen LogP) is 2.84. The lowest BCUT2D eigenvalue weighted by Gasteiger charge is -2.26. The molecule has 0 amide bonds. The lowest BCUT2D eigenvalue weighted by Crippen LogP contribution is -2.31. The first-order chi connectivity index (χ1) is 8.97. The van der Waals surface area contributed by atoms with Crippen LogP contribution in [0.15, 0.2) is 18.2 Å². The van der Waals surface area contributed by atoms with E-state index in [1.807, 2.05) is 13.8 Å². The number of benzene rings is 1. The first-order valence-electron chi connectivity index (χ1n) is 6.14. The summed E-state index contributed by atoms with van der Waals surface area (Å²) in [5.74, 6) is -0.506. The van der Waals surface area contributed by atoms with Gasteiger partial charge in [-0.2, -0.15) is 4.39 Å². The van der Waals surface area contributed by atoms with Crippen LogP contribution >= 0.6 is 0 Å². The molecular formula is C13H19FN2O3. The van der Waals surface area contributed by atoms with Gasteiger partial charge in [0, 0.05) is 20.2 Å².